The molecule has 0 aromatic heterocycles. The molecule has 0 aliphatic carbocycles. The van der Waals surface area contributed by atoms with Gasteiger partial charge in [0.05, 0.1) is 11.9 Å². The fraction of sp³-hybridized carbons (Fsp3) is 0.324. The van der Waals surface area contributed by atoms with Crippen molar-refractivity contribution in [1.29, 1.82) is 0 Å². The van der Waals surface area contributed by atoms with Gasteiger partial charge in [-0.25, -0.2) is 0 Å². The lowest BCUT2D eigenvalue weighted by Gasteiger charge is -2.42. The topological polar surface area (TPSA) is 35.6 Å². The summed E-state index contributed by atoms with van der Waals surface area (Å²) in [6, 6.07) is 27.6. The number of aryl methyl sites for hydroxylation is 1. The Labute approximate surface area is 247 Å². The summed E-state index contributed by atoms with van der Waals surface area (Å²) in [4.78, 5) is 18.0. The van der Waals surface area contributed by atoms with E-state index in [-0.39, 0.29) is 11.8 Å². The lowest BCUT2D eigenvalue weighted by molar-refractivity contribution is -0.117. The van der Waals surface area contributed by atoms with Crippen LogP contribution in [-0.2, 0) is 11.2 Å². The molecule has 0 saturated heterocycles. The van der Waals surface area contributed by atoms with E-state index in [1.165, 1.54) is 16.7 Å². The van der Waals surface area contributed by atoms with E-state index in [2.05, 4.69) is 135 Å². The van der Waals surface area contributed by atoms with Crippen molar-refractivity contribution in [2.45, 2.75) is 53.0 Å². The Morgan fingerprint density at radius 3 is 2.32 bits per heavy atom. The predicted octanol–water partition coefficient (Wildman–Crippen LogP) is 7.89. The van der Waals surface area contributed by atoms with Gasteiger partial charge in [-0.3, -0.25) is 4.79 Å². The number of allylic oxidation sites excluding steroid dienone is 1. The third kappa shape index (κ3) is 7.58. The largest absolute Gasteiger partial charge is 0.375 e. The van der Waals surface area contributed by atoms with Crippen LogP contribution in [0.1, 0.15) is 67.5 Å². The summed E-state index contributed by atoms with van der Waals surface area (Å²) in [6.07, 6.45) is 2.36. The second-order valence-corrected chi connectivity index (χ2v) is 11.7. The highest BCUT2D eigenvalue weighted by Crippen LogP contribution is 2.37. The number of hydrogen-bond donors (Lipinski definition) is 1. The van der Waals surface area contributed by atoms with Gasteiger partial charge in [-0.05, 0) is 54.9 Å². The highest BCUT2D eigenvalue weighted by atomic mass is 16.1. The molecule has 3 aromatic rings. The van der Waals surface area contributed by atoms with Gasteiger partial charge in [-0.15, -0.1) is 0 Å². The second-order valence-electron chi connectivity index (χ2n) is 11.7. The first kappa shape index (κ1) is 29.9. The Bertz CT molecular complexity index is 1400. The summed E-state index contributed by atoms with van der Waals surface area (Å²) in [5.74, 6) is 1.34. The molecule has 1 atom stereocenters. The number of nitrogens with zero attached hydrogens (tertiary/aromatic N) is 2. The zero-order valence-electron chi connectivity index (χ0n) is 25.4. The first-order valence-corrected chi connectivity index (χ1v) is 14.7. The van der Waals surface area contributed by atoms with Crippen LogP contribution in [0.2, 0.25) is 0 Å². The van der Waals surface area contributed by atoms with E-state index in [1.807, 2.05) is 6.92 Å². The van der Waals surface area contributed by atoms with Gasteiger partial charge in [0.1, 0.15) is 0 Å². The molecule has 1 N–H and O–H groups in total. The average molecular weight is 548 g/mol. The Morgan fingerprint density at radius 2 is 1.66 bits per heavy atom. The van der Waals surface area contributed by atoms with Crippen molar-refractivity contribution in [1.82, 2.24) is 15.1 Å². The SMILES string of the molecule is C=C(c1ccc(Cc2ccccc2)cc1)N(C)CCCN1C(=C)NC(C)=C(C(=O)CC(C)C)C1c1cccc(C)c1. The zero-order valence-corrected chi connectivity index (χ0v) is 25.4. The van der Waals surface area contributed by atoms with Crippen LogP contribution in [0.25, 0.3) is 5.70 Å². The molecule has 3 aromatic carbocycles. The number of rotatable bonds is 12. The minimum atomic E-state index is -0.152. The predicted molar refractivity (Wildman–Crippen MR) is 172 cm³/mol. The number of ketones is 1. The zero-order chi connectivity index (χ0) is 29.5. The quantitative estimate of drug-likeness (QED) is 0.250. The number of Topliss-reactive ketones (excluding diaryl/α,β-unsaturated/α-hetero) is 1. The number of nitrogens with one attached hydrogen (secondary N) is 1. The molecule has 1 heterocycles. The highest BCUT2D eigenvalue weighted by molar-refractivity contribution is 5.97. The Kier molecular flexibility index (Phi) is 9.88. The monoisotopic (exact) mass is 547 g/mol. The standard InChI is InChI=1S/C37H45N3O/c1-26(2)23-35(41)36-28(4)38-30(6)40(37(36)34-16-11-13-27(3)24-34)22-12-21-39(7)29(5)33-19-17-32(18-20-33)25-31-14-9-8-10-15-31/h8-11,13-20,24,26,37-38H,5-6,12,21-23,25H2,1-4,7H3. The van der Waals surface area contributed by atoms with Crippen molar-refractivity contribution in [2.75, 3.05) is 20.1 Å². The molecular formula is C37H45N3O. The highest BCUT2D eigenvalue weighted by Gasteiger charge is 2.34. The summed E-state index contributed by atoms with van der Waals surface area (Å²) in [5, 5.41) is 3.42. The molecule has 4 rings (SSSR count). The molecule has 1 aliphatic heterocycles. The van der Waals surface area contributed by atoms with Crippen molar-refractivity contribution in [3.8, 4) is 0 Å². The second kappa shape index (κ2) is 13.5. The van der Waals surface area contributed by atoms with Crippen LogP contribution in [-0.4, -0.2) is 35.7 Å². The van der Waals surface area contributed by atoms with E-state index < -0.39 is 0 Å². The van der Waals surface area contributed by atoms with Gasteiger partial charge in [0, 0.05) is 43.5 Å². The molecule has 0 radical (unpaired) electrons. The van der Waals surface area contributed by atoms with Gasteiger partial charge in [-0.1, -0.05) is 111 Å². The van der Waals surface area contributed by atoms with Gasteiger partial charge in [0.25, 0.3) is 0 Å². The van der Waals surface area contributed by atoms with Crippen LogP contribution in [0.15, 0.2) is 109 Å². The maximum Gasteiger partial charge on any atom is 0.163 e. The Balaban J connectivity index is 1.45. The molecule has 4 heteroatoms. The fourth-order valence-corrected chi connectivity index (χ4v) is 5.65. The lowest BCUT2D eigenvalue weighted by Crippen LogP contribution is -2.43. The van der Waals surface area contributed by atoms with Crippen molar-refractivity contribution in [3.63, 3.8) is 0 Å². The van der Waals surface area contributed by atoms with Crippen LogP contribution in [0.4, 0.5) is 0 Å². The van der Waals surface area contributed by atoms with Crippen molar-refractivity contribution in [2.24, 2.45) is 5.92 Å². The van der Waals surface area contributed by atoms with Crippen LogP contribution in [0, 0.1) is 12.8 Å². The fourth-order valence-electron chi connectivity index (χ4n) is 5.65. The van der Waals surface area contributed by atoms with E-state index in [0.29, 0.717) is 12.3 Å². The normalized spacial score (nSPS) is 15.2. The van der Waals surface area contributed by atoms with Gasteiger partial charge in [0.2, 0.25) is 0 Å². The van der Waals surface area contributed by atoms with Crippen LogP contribution < -0.4 is 5.32 Å². The number of carbonyl (C=O) groups excluding carboxylic acids is 1. The molecule has 41 heavy (non-hydrogen) atoms. The summed E-state index contributed by atoms with van der Waals surface area (Å²) >= 11 is 0. The molecule has 0 fully saturated rings. The lowest BCUT2D eigenvalue weighted by atomic mass is 9.87. The van der Waals surface area contributed by atoms with Crippen LogP contribution in [0.3, 0.4) is 0 Å². The van der Waals surface area contributed by atoms with Crippen LogP contribution >= 0.6 is 0 Å². The maximum absolute atomic E-state index is 13.5. The average Bonchev–Trinajstić information content (AvgIpc) is 2.94. The van der Waals surface area contributed by atoms with E-state index in [1.54, 1.807) is 0 Å². The van der Waals surface area contributed by atoms with E-state index >= 15 is 0 Å². The number of hydrogen-bond acceptors (Lipinski definition) is 4. The number of carbonyl (C=O) groups is 1. The summed E-state index contributed by atoms with van der Waals surface area (Å²) in [7, 11) is 2.10. The summed E-state index contributed by atoms with van der Waals surface area (Å²) in [5.41, 5.74) is 8.82. The molecule has 214 valence electrons. The minimum absolute atomic E-state index is 0.152. The third-order valence-electron chi connectivity index (χ3n) is 7.81. The first-order valence-electron chi connectivity index (χ1n) is 14.7. The van der Waals surface area contributed by atoms with E-state index in [0.717, 1.165) is 59.8 Å². The Hall–Kier alpha value is -4.05. The van der Waals surface area contributed by atoms with Crippen molar-refractivity contribution >= 4 is 11.5 Å². The van der Waals surface area contributed by atoms with Crippen LogP contribution in [0.5, 0.6) is 0 Å². The Morgan fingerprint density at radius 1 is 0.976 bits per heavy atom. The van der Waals surface area contributed by atoms with Crippen molar-refractivity contribution in [3.05, 3.63) is 137 Å². The molecule has 0 saturated carbocycles. The molecular weight excluding hydrogens is 502 g/mol. The molecule has 4 nitrogen and oxygen atoms in total. The van der Waals surface area contributed by atoms with Gasteiger partial charge in [-0.2, -0.15) is 0 Å². The van der Waals surface area contributed by atoms with Crippen molar-refractivity contribution < 1.29 is 4.79 Å². The smallest absolute Gasteiger partial charge is 0.163 e. The summed E-state index contributed by atoms with van der Waals surface area (Å²) in [6.45, 7) is 18.7. The maximum atomic E-state index is 13.5. The van der Waals surface area contributed by atoms with Gasteiger partial charge >= 0.3 is 0 Å². The summed E-state index contributed by atoms with van der Waals surface area (Å²) < 4.78 is 0. The molecule has 0 amide bonds. The van der Waals surface area contributed by atoms with E-state index in [9.17, 15) is 4.79 Å². The minimum Gasteiger partial charge on any atom is -0.375 e. The van der Waals surface area contributed by atoms with E-state index in [4.69, 9.17) is 0 Å². The first-order chi connectivity index (χ1) is 19.6. The van der Waals surface area contributed by atoms with Gasteiger partial charge < -0.3 is 15.1 Å². The third-order valence-corrected chi connectivity index (χ3v) is 7.81. The number of benzene rings is 3. The van der Waals surface area contributed by atoms with Gasteiger partial charge in [0.15, 0.2) is 5.78 Å². The molecule has 0 spiro atoms. The molecule has 0 bridgehead atoms. The molecule has 1 unspecified atom stereocenters. The molecule has 1 aliphatic rings.